The second-order valence-electron chi connectivity index (χ2n) is 7.58. The molecule has 1 saturated heterocycles. The first-order chi connectivity index (χ1) is 13.2. The van der Waals surface area contributed by atoms with Crippen molar-refractivity contribution in [2.75, 3.05) is 20.2 Å². The maximum atomic E-state index is 12.6. The minimum Gasteiger partial charge on any atom is -0.497 e. The van der Waals surface area contributed by atoms with Gasteiger partial charge < -0.3 is 14.6 Å². The van der Waals surface area contributed by atoms with Crippen LogP contribution in [0.3, 0.4) is 0 Å². The second kappa shape index (κ2) is 7.72. The molecular weight excluding hydrogens is 342 g/mol. The van der Waals surface area contributed by atoms with E-state index >= 15 is 0 Å². The van der Waals surface area contributed by atoms with Gasteiger partial charge in [-0.05, 0) is 49.9 Å². The lowest BCUT2D eigenvalue weighted by molar-refractivity contribution is 0.0928. The van der Waals surface area contributed by atoms with Crippen LogP contribution in [0.1, 0.15) is 66.4 Å². The van der Waals surface area contributed by atoms with Crippen molar-refractivity contribution in [3.05, 3.63) is 47.3 Å². The van der Waals surface area contributed by atoms with E-state index in [-0.39, 0.29) is 11.9 Å². The van der Waals surface area contributed by atoms with Gasteiger partial charge in [0.15, 0.2) is 5.69 Å². The molecule has 2 unspecified atom stereocenters. The lowest BCUT2D eigenvalue weighted by Crippen LogP contribution is -2.37. The summed E-state index contributed by atoms with van der Waals surface area (Å²) in [4.78, 5) is 15.0. The van der Waals surface area contributed by atoms with Gasteiger partial charge >= 0.3 is 0 Å². The third kappa shape index (κ3) is 4.00. The topological polar surface area (TPSA) is 67.6 Å². The van der Waals surface area contributed by atoms with Crippen molar-refractivity contribution in [1.29, 1.82) is 0 Å². The van der Waals surface area contributed by atoms with Crippen molar-refractivity contribution < 1.29 is 14.1 Å². The van der Waals surface area contributed by atoms with E-state index in [1.54, 1.807) is 13.2 Å². The van der Waals surface area contributed by atoms with E-state index in [9.17, 15) is 4.79 Å². The van der Waals surface area contributed by atoms with Crippen molar-refractivity contribution in [3.63, 3.8) is 0 Å². The van der Waals surface area contributed by atoms with E-state index in [0.717, 1.165) is 50.3 Å². The molecular formula is C21H27N3O3. The summed E-state index contributed by atoms with van der Waals surface area (Å²) in [5, 5.41) is 7.11. The highest BCUT2D eigenvalue weighted by molar-refractivity contribution is 5.92. The van der Waals surface area contributed by atoms with Gasteiger partial charge in [-0.1, -0.05) is 24.2 Å². The van der Waals surface area contributed by atoms with E-state index in [2.05, 4.69) is 34.4 Å². The number of rotatable bonds is 7. The van der Waals surface area contributed by atoms with E-state index in [1.165, 1.54) is 5.56 Å². The number of benzene rings is 1. The van der Waals surface area contributed by atoms with Gasteiger partial charge in [-0.2, -0.15) is 0 Å². The van der Waals surface area contributed by atoms with Gasteiger partial charge in [0.05, 0.1) is 7.11 Å². The molecule has 1 aromatic heterocycles. The first kappa shape index (κ1) is 18.0. The van der Waals surface area contributed by atoms with Crippen LogP contribution >= 0.6 is 0 Å². The smallest absolute Gasteiger partial charge is 0.273 e. The second-order valence-corrected chi connectivity index (χ2v) is 7.58. The summed E-state index contributed by atoms with van der Waals surface area (Å²) >= 11 is 0. The largest absolute Gasteiger partial charge is 0.497 e. The molecule has 1 N–H and O–H groups in total. The highest BCUT2D eigenvalue weighted by Gasteiger charge is 2.34. The SMILES string of the molecule is CCCN1CC(NC(=O)c2cc(C3CC3)on2)CC1c1ccc(OC)cc1. The number of hydrogen-bond acceptors (Lipinski definition) is 5. The molecule has 0 bridgehead atoms. The summed E-state index contributed by atoms with van der Waals surface area (Å²) in [6.45, 7) is 4.05. The zero-order valence-corrected chi connectivity index (χ0v) is 16.0. The third-order valence-corrected chi connectivity index (χ3v) is 5.49. The quantitative estimate of drug-likeness (QED) is 0.809. The van der Waals surface area contributed by atoms with Gasteiger partial charge in [0.25, 0.3) is 5.91 Å². The van der Waals surface area contributed by atoms with Crippen LogP contribution in [0, 0.1) is 0 Å². The number of nitrogens with one attached hydrogen (secondary N) is 1. The summed E-state index contributed by atoms with van der Waals surface area (Å²) < 4.78 is 10.6. The van der Waals surface area contributed by atoms with Crippen LogP contribution in [0.5, 0.6) is 5.75 Å². The van der Waals surface area contributed by atoms with Crippen molar-refractivity contribution >= 4 is 5.91 Å². The van der Waals surface area contributed by atoms with E-state index < -0.39 is 0 Å². The number of aromatic nitrogens is 1. The van der Waals surface area contributed by atoms with Gasteiger partial charge in [-0.15, -0.1) is 0 Å². The molecule has 1 aliphatic heterocycles. The molecule has 144 valence electrons. The molecule has 0 spiro atoms. The molecule has 2 fully saturated rings. The van der Waals surface area contributed by atoms with Gasteiger partial charge in [0.2, 0.25) is 0 Å². The molecule has 1 aliphatic carbocycles. The number of methoxy groups -OCH3 is 1. The van der Waals surface area contributed by atoms with Gasteiger partial charge in [0, 0.05) is 30.6 Å². The van der Waals surface area contributed by atoms with E-state index in [4.69, 9.17) is 9.26 Å². The molecule has 4 rings (SSSR count). The first-order valence-electron chi connectivity index (χ1n) is 9.83. The van der Waals surface area contributed by atoms with E-state index in [0.29, 0.717) is 17.7 Å². The molecule has 1 aromatic carbocycles. The molecule has 2 atom stereocenters. The van der Waals surface area contributed by atoms with Gasteiger partial charge in [0.1, 0.15) is 11.5 Å². The number of likely N-dealkylation sites (tertiary alicyclic amines) is 1. The Hall–Kier alpha value is -2.34. The lowest BCUT2D eigenvalue weighted by atomic mass is 10.0. The molecule has 1 saturated carbocycles. The monoisotopic (exact) mass is 369 g/mol. The Balaban J connectivity index is 1.42. The molecule has 6 heteroatoms. The Morgan fingerprint density at radius 2 is 2.11 bits per heavy atom. The Morgan fingerprint density at radius 1 is 1.33 bits per heavy atom. The number of hydrogen-bond donors (Lipinski definition) is 1. The molecule has 2 heterocycles. The van der Waals surface area contributed by atoms with Crippen molar-refractivity contribution in [3.8, 4) is 5.75 Å². The van der Waals surface area contributed by atoms with Gasteiger partial charge in [-0.3, -0.25) is 9.69 Å². The van der Waals surface area contributed by atoms with Crippen LogP contribution in [0.4, 0.5) is 0 Å². The summed E-state index contributed by atoms with van der Waals surface area (Å²) in [7, 11) is 1.68. The van der Waals surface area contributed by atoms with Crippen molar-refractivity contribution in [2.45, 2.75) is 50.6 Å². The predicted molar refractivity (Wildman–Crippen MR) is 102 cm³/mol. The van der Waals surface area contributed by atoms with E-state index in [1.807, 2.05) is 12.1 Å². The molecule has 6 nitrogen and oxygen atoms in total. The van der Waals surface area contributed by atoms with Crippen LogP contribution in [0.15, 0.2) is 34.9 Å². The standard InChI is InChI=1S/C21H27N3O3/c1-3-10-24-13-16(11-19(24)14-6-8-17(26-2)9-7-14)22-21(25)18-12-20(27-23-18)15-4-5-15/h6-9,12,15-16,19H,3-5,10-11,13H2,1-2H3,(H,22,25). The number of carbonyl (C=O) groups is 1. The normalized spacial score (nSPS) is 22.7. The average Bonchev–Trinajstić information content (AvgIpc) is 3.28. The minimum absolute atomic E-state index is 0.109. The summed E-state index contributed by atoms with van der Waals surface area (Å²) in [5.74, 6) is 2.03. The zero-order valence-electron chi connectivity index (χ0n) is 16.0. The highest BCUT2D eigenvalue weighted by atomic mass is 16.5. The summed E-state index contributed by atoms with van der Waals surface area (Å²) in [5.41, 5.74) is 1.66. The molecule has 27 heavy (non-hydrogen) atoms. The Bertz CT molecular complexity index is 782. The van der Waals surface area contributed by atoms with Crippen LogP contribution in [-0.4, -0.2) is 42.2 Å². The number of amides is 1. The maximum Gasteiger partial charge on any atom is 0.273 e. The third-order valence-electron chi connectivity index (χ3n) is 5.49. The van der Waals surface area contributed by atoms with Crippen molar-refractivity contribution in [2.24, 2.45) is 0 Å². The molecule has 1 amide bonds. The fourth-order valence-electron chi connectivity index (χ4n) is 3.93. The fourth-order valence-corrected chi connectivity index (χ4v) is 3.93. The molecule has 2 aliphatic rings. The average molecular weight is 369 g/mol. The maximum absolute atomic E-state index is 12.6. The number of carbonyl (C=O) groups excluding carboxylic acids is 1. The summed E-state index contributed by atoms with van der Waals surface area (Å²) in [6, 6.07) is 10.5. The number of nitrogens with zero attached hydrogens (tertiary/aromatic N) is 2. The van der Waals surface area contributed by atoms with Crippen LogP contribution < -0.4 is 10.1 Å². The van der Waals surface area contributed by atoms with Crippen molar-refractivity contribution in [1.82, 2.24) is 15.4 Å². The van der Waals surface area contributed by atoms with Crippen LogP contribution in [-0.2, 0) is 0 Å². The van der Waals surface area contributed by atoms with Gasteiger partial charge in [-0.25, -0.2) is 0 Å². The lowest BCUT2D eigenvalue weighted by Gasteiger charge is -2.24. The summed E-state index contributed by atoms with van der Waals surface area (Å²) in [6.07, 6.45) is 4.25. The Kier molecular flexibility index (Phi) is 5.16. The minimum atomic E-state index is -0.137. The Morgan fingerprint density at radius 3 is 2.78 bits per heavy atom. The first-order valence-corrected chi connectivity index (χ1v) is 9.83. The predicted octanol–water partition coefficient (Wildman–Crippen LogP) is 3.52. The zero-order chi connectivity index (χ0) is 18.8. The van der Waals surface area contributed by atoms with Crippen LogP contribution in [0.25, 0.3) is 0 Å². The molecule has 2 aromatic rings. The molecule has 0 radical (unpaired) electrons. The number of ether oxygens (including phenoxy) is 1. The Labute approximate surface area is 159 Å². The fraction of sp³-hybridized carbons (Fsp3) is 0.524. The van der Waals surface area contributed by atoms with Crippen LogP contribution in [0.2, 0.25) is 0 Å². The highest BCUT2D eigenvalue weighted by Crippen LogP contribution is 2.40.